The number of benzene rings is 1. The number of nitrogens with zero attached hydrogens (tertiary/aromatic N) is 1. The summed E-state index contributed by atoms with van der Waals surface area (Å²) in [5, 5.41) is 6.27. The van der Waals surface area contributed by atoms with E-state index in [0.717, 1.165) is 36.3 Å². The Kier molecular flexibility index (Phi) is 5.43. The molecule has 1 aromatic heterocycles. The summed E-state index contributed by atoms with van der Waals surface area (Å²) >= 11 is 0. The lowest BCUT2D eigenvalue weighted by Crippen LogP contribution is -2.34. The number of amides is 1. The fraction of sp³-hybridized carbons (Fsp3) is 0.429. The van der Waals surface area contributed by atoms with Crippen molar-refractivity contribution in [3.8, 4) is 5.88 Å². The molecule has 7 heteroatoms. The topological polar surface area (TPSA) is 72.5 Å². The molecule has 4 rings (SSSR count). The minimum Gasteiger partial charge on any atom is -0.474 e. The van der Waals surface area contributed by atoms with Gasteiger partial charge in [0.25, 0.3) is 5.91 Å². The van der Waals surface area contributed by atoms with E-state index in [1.165, 1.54) is 12.1 Å². The van der Waals surface area contributed by atoms with Crippen molar-refractivity contribution in [1.82, 2.24) is 10.3 Å². The van der Waals surface area contributed by atoms with Crippen molar-refractivity contribution in [3.63, 3.8) is 0 Å². The number of nitrogens with one attached hydrogen (secondary N) is 2. The number of carbonyl (C=O) groups excluding carboxylic acids is 1. The summed E-state index contributed by atoms with van der Waals surface area (Å²) in [5.74, 6) is -0.105. The fourth-order valence-electron chi connectivity index (χ4n) is 3.51. The SMILES string of the molecule is C[C@H]1COc2nc(C(=O)NC[C@H]3CCCO3)c(Cc3ccc(F)cc3)cc2N1. The van der Waals surface area contributed by atoms with Gasteiger partial charge in [-0.1, -0.05) is 12.1 Å². The van der Waals surface area contributed by atoms with Gasteiger partial charge < -0.3 is 20.1 Å². The highest BCUT2D eigenvalue weighted by atomic mass is 19.1. The van der Waals surface area contributed by atoms with Crippen LogP contribution in [0.4, 0.5) is 10.1 Å². The summed E-state index contributed by atoms with van der Waals surface area (Å²) in [6, 6.07) is 8.34. The third kappa shape index (κ3) is 4.25. The molecular formula is C21H24FN3O3. The van der Waals surface area contributed by atoms with Crippen LogP contribution in [0.5, 0.6) is 5.88 Å². The first kappa shape index (κ1) is 18.7. The number of carbonyl (C=O) groups is 1. The molecule has 0 spiro atoms. The number of halogens is 1. The lowest BCUT2D eigenvalue weighted by Gasteiger charge is -2.25. The third-order valence-corrected chi connectivity index (χ3v) is 4.98. The van der Waals surface area contributed by atoms with Crippen molar-refractivity contribution in [3.05, 3.63) is 53.0 Å². The molecule has 0 aliphatic carbocycles. The van der Waals surface area contributed by atoms with Gasteiger partial charge in [0.05, 0.1) is 17.8 Å². The van der Waals surface area contributed by atoms with Gasteiger partial charge in [-0.15, -0.1) is 0 Å². The smallest absolute Gasteiger partial charge is 0.270 e. The molecule has 1 fully saturated rings. The zero-order valence-corrected chi connectivity index (χ0v) is 15.8. The van der Waals surface area contributed by atoms with Gasteiger partial charge in [0.15, 0.2) is 0 Å². The van der Waals surface area contributed by atoms with Crippen LogP contribution in [0.1, 0.15) is 41.4 Å². The van der Waals surface area contributed by atoms with E-state index in [1.54, 1.807) is 12.1 Å². The molecule has 0 saturated carbocycles. The van der Waals surface area contributed by atoms with Gasteiger partial charge in [0, 0.05) is 13.2 Å². The Morgan fingerprint density at radius 3 is 2.93 bits per heavy atom. The Bertz CT molecular complexity index is 851. The number of ether oxygens (including phenoxy) is 2. The van der Waals surface area contributed by atoms with Crippen molar-refractivity contribution in [2.45, 2.75) is 38.3 Å². The van der Waals surface area contributed by atoms with E-state index < -0.39 is 0 Å². The number of pyridine rings is 1. The second-order valence-electron chi connectivity index (χ2n) is 7.35. The molecular weight excluding hydrogens is 361 g/mol. The van der Waals surface area contributed by atoms with Crippen LogP contribution in [0.2, 0.25) is 0 Å². The summed E-state index contributed by atoms with van der Waals surface area (Å²) in [6.07, 6.45) is 2.50. The lowest BCUT2D eigenvalue weighted by molar-refractivity contribution is 0.0852. The van der Waals surface area contributed by atoms with E-state index in [4.69, 9.17) is 9.47 Å². The van der Waals surface area contributed by atoms with Crippen molar-refractivity contribution < 1.29 is 18.7 Å². The first-order valence-electron chi connectivity index (χ1n) is 9.66. The first-order chi connectivity index (χ1) is 13.6. The Balaban J connectivity index is 1.60. The van der Waals surface area contributed by atoms with Gasteiger partial charge in [-0.05, 0) is 55.5 Å². The Labute approximate surface area is 163 Å². The predicted octanol–water partition coefficient (Wildman–Crippen LogP) is 2.91. The fourth-order valence-corrected chi connectivity index (χ4v) is 3.51. The average molecular weight is 385 g/mol. The van der Waals surface area contributed by atoms with E-state index in [-0.39, 0.29) is 23.9 Å². The van der Waals surface area contributed by atoms with E-state index in [0.29, 0.717) is 31.1 Å². The van der Waals surface area contributed by atoms with Crippen LogP contribution in [-0.2, 0) is 11.2 Å². The molecule has 2 N–H and O–H groups in total. The molecule has 28 heavy (non-hydrogen) atoms. The monoisotopic (exact) mass is 385 g/mol. The van der Waals surface area contributed by atoms with Gasteiger partial charge in [-0.2, -0.15) is 0 Å². The first-order valence-corrected chi connectivity index (χ1v) is 9.66. The molecule has 6 nitrogen and oxygen atoms in total. The maximum atomic E-state index is 13.2. The highest BCUT2D eigenvalue weighted by Crippen LogP contribution is 2.30. The van der Waals surface area contributed by atoms with Crippen LogP contribution in [0.15, 0.2) is 30.3 Å². The van der Waals surface area contributed by atoms with Crippen molar-refractivity contribution in [2.24, 2.45) is 0 Å². The Hall–Kier alpha value is -2.67. The molecule has 0 bridgehead atoms. The summed E-state index contributed by atoms with van der Waals surface area (Å²) < 4.78 is 24.5. The maximum absolute atomic E-state index is 13.2. The van der Waals surface area contributed by atoms with Gasteiger partial charge in [-0.3, -0.25) is 4.79 Å². The normalized spacial score (nSPS) is 20.8. The van der Waals surface area contributed by atoms with Crippen LogP contribution >= 0.6 is 0 Å². The second-order valence-corrected chi connectivity index (χ2v) is 7.35. The van der Waals surface area contributed by atoms with Gasteiger partial charge in [0.1, 0.15) is 18.1 Å². The van der Waals surface area contributed by atoms with Gasteiger partial charge in [0.2, 0.25) is 5.88 Å². The number of fused-ring (bicyclic) bond motifs is 1. The van der Waals surface area contributed by atoms with Crippen molar-refractivity contribution in [2.75, 3.05) is 25.1 Å². The third-order valence-electron chi connectivity index (χ3n) is 4.98. The summed E-state index contributed by atoms with van der Waals surface area (Å²) in [6.45, 7) is 3.72. The molecule has 2 aliphatic rings. The number of rotatable bonds is 5. The predicted molar refractivity (Wildman–Crippen MR) is 103 cm³/mol. The van der Waals surface area contributed by atoms with Crippen molar-refractivity contribution in [1.29, 1.82) is 0 Å². The van der Waals surface area contributed by atoms with Crippen LogP contribution in [0, 0.1) is 5.82 Å². The molecule has 2 atom stereocenters. The molecule has 0 radical (unpaired) electrons. The summed E-state index contributed by atoms with van der Waals surface area (Å²) in [5.41, 5.74) is 2.77. The Morgan fingerprint density at radius 1 is 1.36 bits per heavy atom. The van der Waals surface area contributed by atoms with Crippen molar-refractivity contribution >= 4 is 11.6 Å². The Morgan fingerprint density at radius 2 is 2.18 bits per heavy atom. The minimum atomic E-state index is -0.286. The number of aromatic nitrogens is 1. The maximum Gasteiger partial charge on any atom is 0.270 e. The van der Waals surface area contributed by atoms with Crippen LogP contribution in [0.3, 0.4) is 0 Å². The highest BCUT2D eigenvalue weighted by molar-refractivity contribution is 5.94. The molecule has 2 aromatic rings. The highest BCUT2D eigenvalue weighted by Gasteiger charge is 2.24. The summed E-state index contributed by atoms with van der Waals surface area (Å²) in [7, 11) is 0. The van der Waals surface area contributed by atoms with Crippen LogP contribution < -0.4 is 15.4 Å². The number of anilines is 1. The molecule has 0 unspecified atom stereocenters. The van der Waals surface area contributed by atoms with Gasteiger partial charge >= 0.3 is 0 Å². The quantitative estimate of drug-likeness (QED) is 0.828. The minimum absolute atomic E-state index is 0.0564. The van der Waals surface area contributed by atoms with E-state index >= 15 is 0 Å². The lowest BCUT2D eigenvalue weighted by atomic mass is 10.0. The average Bonchev–Trinajstić information content (AvgIpc) is 3.21. The molecule has 1 amide bonds. The van der Waals surface area contributed by atoms with E-state index in [2.05, 4.69) is 15.6 Å². The van der Waals surface area contributed by atoms with Crippen LogP contribution in [-0.4, -0.2) is 42.8 Å². The molecule has 1 aromatic carbocycles. The standard InChI is InChI=1S/C21H24FN3O3/c1-13-12-28-21-18(24-13)10-15(9-14-4-6-16(22)7-5-14)19(25-21)20(26)23-11-17-3-2-8-27-17/h4-7,10,13,17,24H,2-3,8-9,11-12H2,1H3,(H,23,26)/t13-,17+/m0/s1. The zero-order chi connectivity index (χ0) is 19.5. The molecule has 1 saturated heterocycles. The van der Waals surface area contributed by atoms with Gasteiger partial charge in [-0.25, -0.2) is 9.37 Å². The number of hydrogen-bond acceptors (Lipinski definition) is 5. The zero-order valence-electron chi connectivity index (χ0n) is 15.8. The molecule has 148 valence electrons. The number of hydrogen-bond donors (Lipinski definition) is 2. The molecule has 2 aliphatic heterocycles. The second kappa shape index (κ2) is 8.14. The molecule has 3 heterocycles. The van der Waals surface area contributed by atoms with E-state index in [9.17, 15) is 9.18 Å². The summed E-state index contributed by atoms with van der Waals surface area (Å²) in [4.78, 5) is 17.3. The largest absolute Gasteiger partial charge is 0.474 e. The van der Waals surface area contributed by atoms with Crippen LogP contribution in [0.25, 0.3) is 0 Å². The van der Waals surface area contributed by atoms with E-state index in [1.807, 2.05) is 13.0 Å².